The van der Waals surface area contributed by atoms with Crippen molar-refractivity contribution in [1.29, 1.82) is 0 Å². The second-order valence-corrected chi connectivity index (χ2v) is 6.85. The van der Waals surface area contributed by atoms with Gasteiger partial charge < -0.3 is 14.0 Å². The maximum absolute atomic E-state index is 12.0. The molecule has 1 aromatic heterocycles. The summed E-state index contributed by atoms with van der Waals surface area (Å²) in [5, 5.41) is 10.2. The molecule has 156 valence electrons. The third-order valence-electron chi connectivity index (χ3n) is 4.76. The van der Waals surface area contributed by atoms with Gasteiger partial charge in [0, 0.05) is 11.7 Å². The van der Waals surface area contributed by atoms with Crippen molar-refractivity contribution in [1.82, 2.24) is 10.0 Å². The molecule has 0 spiro atoms. The minimum atomic E-state index is -0.733. The van der Waals surface area contributed by atoms with Gasteiger partial charge >= 0.3 is 5.91 Å². The van der Waals surface area contributed by atoms with Gasteiger partial charge in [0.05, 0.1) is 6.54 Å². The summed E-state index contributed by atoms with van der Waals surface area (Å²) in [7, 11) is 0. The van der Waals surface area contributed by atoms with Crippen LogP contribution in [0.5, 0.6) is 11.5 Å². The molecule has 0 bridgehead atoms. The standard InChI is InChI=1S/C25H22N2O4/c28-25(26-29)24(31-22-7-2-1-3-8-22)18-19-10-12-21(13-11-19)30-17-16-27-15-14-20-6-4-5-9-23(20)27/h1-15,18,29H,16-17H2,(H,26,28)/b24-18-. The largest absolute Gasteiger partial charge is 0.492 e. The molecule has 0 fully saturated rings. The molecule has 0 unspecified atom stereocenters. The molecule has 3 aromatic carbocycles. The zero-order valence-corrected chi connectivity index (χ0v) is 16.8. The Bertz CT molecular complexity index is 1180. The van der Waals surface area contributed by atoms with Crippen LogP contribution in [0.1, 0.15) is 5.56 Å². The maximum atomic E-state index is 12.0. The molecular formula is C25H22N2O4. The van der Waals surface area contributed by atoms with E-state index in [1.165, 1.54) is 10.9 Å². The Balaban J connectivity index is 1.39. The predicted octanol–water partition coefficient (Wildman–Crippen LogP) is 4.65. The summed E-state index contributed by atoms with van der Waals surface area (Å²) in [5.41, 5.74) is 3.53. The number of hydroxylamine groups is 1. The highest BCUT2D eigenvalue weighted by Gasteiger charge is 2.11. The summed E-state index contributed by atoms with van der Waals surface area (Å²) in [6.45, 7) is 1.27. The van der Waals surface area contributed by atoms with Crippen molar-refractivity contribution >= 4 is 22.9 Å². The quantitative estimate of drug-likeness (QED) is 0.191. The van der Waals surface area contributed by atoms with Crippen LogP contribution in [0.25, 0.3) is 17.0 Å². The normalized spacial score (nSPS) is 11.3. The summed E-state index contributed by atoms with van der Waals surface area (Å²) in [5.74, 6) is 0.463. The van der Waals surface area contributed by atoms with Crippen LogP contribution in [0.2, 0.25) is 0 Å². The first-order chi connectivity index (χ1) is 15.2. The Morgan fingerprint density at radius 1 is 0.903 bits per heavy atom. The van der Waals surface area contributed by atoms with Gasteiger partial charge in [0.2, 0.25) is 0 Å². The van der Waals surface area contributed by atoms with Crippen LogP contribution in [0.15, 0.2) is 96.9 Å². The Hall–Kier alpha value is -4.03. The molecule has 0 atom stereocenters. The van der Waals surface area contributed by atoms with E-state index in [9.17, 15) is 4.79 Å². The fraction of sp³-hybridized carbons (Fsp3) is 0.0800. The van der Waals surface area contributed by atoms with Crippen LogP contribution in [-0.2, 0) is 11.3 Å². The van der Waals surface area contributed by atoms with Crippen molar-refractivity contribution in [2.24, 2.45) is 0 Å². The van der Waals surface area contributed by atoms with Crippen molar-refractivity contribution in [2.45, 2.75) is 6.54 Å². The third kappa shape index (κ3) is 5.12. The van der Waals surface area contributed by atoms with Gasteiger partial charge in [-0.05, 0) is 53.4 Å². The number of fused-ring (bicyclic) bond motifs is 1. The number of carbonyl (C=O) groups excluding carboxylic acids is 1. The summed E-state index contributed by atoms with van der Waals surface area (Å²) in [6, 6.07) is 26.5. The van der Waals surface area contributed by atoms with E-state index < -0.39 is 5.91 Å². The number of carbonyl (C=O) groups is 1. The van der Waals surface area contributed by atoms with Crippen LogP contribution in [0.4, 0.5) is 0 Å². The van der Waals surface area contributed by atoms with Crippen LogP contribution in [0, 0.1) is 0 Å². The zero-order valence-electron chi connectivity index (χ0n) is 16.8. The molecule has 0 aliphatic rings. The number of amides is 1. The lowest BCUT2D eigenvalue weighted by atomic mass is 10.2. The smallest absolute Gasteiger partial charge is 0.310 e. The van der Waals surface area contributed by atoms with Gasteiger partial charge in [0.25, 0.3) is 0 Å². The van der Waals surface area contributed by atoms with Crippen molar-refractivity contribution in [3.8, 4) is 11.5 Å². The lowest BCUT2D eigenvalue weighted by molar-refractivity contribution is -0.127. The van der Waals surface area contributed by atoms with Crippen LogP contribution in [0.3, 0.4) is 0 Å². The highest BCUT2D eigenvalue weighted by atomic mass is 16.5. The Morgan fingerprint density at radius 3 is 2.42 bits per heavy atom. The lowest BCUT2D eigenvalue weighted by Crippen LogP contribution is -2.23. The highest BCUT2D eigenvalue weighted by Crippen LogP contribution is 2.19. The monoisotopic (exact) mass is 414 g/mol. The lowest BCUT2D eigenvalue weighted by Gasteiger charge is -2.10. The van der Waals surface area contributed by atoms with Gasteiger partial charge in [0.1, 0.15) is 18.1 Å². The Kier molecular flexibility index (Phi) is 6.30. The topological polar surface area (TPSA) is 72.7 Å². The first-order valence-corrected chi connectivity index (χ1v) is 9.89. The molecule has 4 aromatic rings. The van der Waals surface area contributed by atoms with Crippen molar-refractivity contribution in [3.05, 3.63) is 102 Å². The second-order valence-electron chi connectivity index (χ2n) is 6.85. The van der Waals surface area contributed by atoms with E-state index in [1.54, 1.807) is 35.8 Å². The van der Waals surface area contributed by atoms with Gasteiger partial charge in [-0.3, -0.25) is 10.0 Å². The molecule has 0 radical (unpaired) electrons. The molecule has 4 rings (SSSR count). The number of ether oxygens (including phenoxy) is 2. The number of aromatic nitrogens is 1. The molecule has 1 amide bonds. The highest BCUT2D eigenvalue weighted by molar-refractivity contribution is 5.95. The molecule has 6 nitrogen and oxygen atoms in total. The first kappa shape index (κ1) is 20.3. The summed E-state index contributed by atoms with van der Waals surface area (Å²) in [4.78, 5) is 12.0. The van der Waals surface area contributed by atoms with Crippen molar-refractivity contribution < 1.29 is 19.5 Å². The number of rotatable bonds is 8. The molecule has 6 heteroatoms. The maximum Gasteiger partial charge on any atom is 0.310 e. The number of benzene rings is 3. The predicted molar refractivity (Wildman–Crippen MR) is 119 cm³/mol. The minimum absolute atomic E-state index is 0.0261. The molecule has 2 N–H and O–H groups in total. The molecule has 31 heavy (non-hydrogen) atoms. The molecular weight excluding hydrogens is 392 g/mol. The molecule has 0 saturated heterocycles. The Labute approximate surface area is 179 Å². The van der Waals surface area contributed by atoms with Gasteiger partial charge in [0.15, 0.2) is 5.76 Å². The fourth-order valence-corrected chi connectivity index (χ4v) is 3.22. The Morgan fingerprint density at radius 2 is 1.65 bits per heavy atom. The number of nitrogens with one attached hydrogen (secondary N) is 1. The van der Waals surface area contributed by atoms with E-state index in [0.717, 1.165) is 17.9 Å². The summed E-state index contributed by atoms with van der Waals surface area (Å²) in [6.07, 6.45) is 3.61. The van der Waals surface area contributed by atoms with Gasteiger partial charge in [-0.1, -0.05) is 48.5 Å². The van der Waals surface area contributed by atoms with Crippen molar-refractivity contribution in [2.75, 3.05) is 6.61 Å². The number of hydrogen-bond donors (Lipinski definition) is 2. The van der Waals surface area contributed by atoms with Crippen LogP contribution in [-0.4, -0.2) is 22.3 Å². The van der Waals surface area contributed by atoms with Gasteiger partial charge in [-0.25, -0.2) is 5.48 Å². The van der Waals surface area contributed by atoms with E-state index in [0.29, 0.717) is 12.4 Å². The number of nitrogens with zero attached hydrogens (tertiary/aromatic N) is 1. The van der Waals surface area contributed by atoms with E-state index >= 15 is 0 Å². The van der Waals surface area contributed by atoms with Crippen LogP contribution >= 0.6 is 0 Å². The molecule has 1 heterocycles. The van der Waals surface area contributed by atoms with E-state index in [-0.39, 0.29) is 5.76 Å². The zero-order chi connectivity index (χ0) is 21.5. The first-order valence-electron chi connectivity index (χ1n) is 9.89. The molecule has 0 aliphatic carbocycles. The van der Waals surface area contributed by atoms with Gasteiger partial charge in [-0.2, -0.15) is 0 Å². The van der Waals surface area contributed by atoms with E-state index in [4.69, 9.17) is 14.7 Å². The SMILES string of the molecule is O=C(NO)/C(=C/c1ccc(OCCn2ccc3ccccc32)cc1)Oc1ccccc1. The van der Waals surface area contributed by atoms with Crippen LogP contribution < -0.4 is 15.0 Å². The minimum Gasteiger partial charge on any atom is -0.492 e. The van der Waals surface area contributed by atoms with Gasteiger partial charge in [-0.15, -0.1) is 0 Å². The average Bonchev–Trinajstić information content (AvgIpc) is 3.23. The number of hydrogen-bond acceptors (Lipinski definition) is 4. The second kappa shape index (κ2) is 9.65. The molecule has 0 saturated carbocycles. The van der Waals surface area contributed by atoms with E-state index in [1.807, 2.05) is 42.5 Å². The average molecular weight is 414 g/mol. The van der Waals surface area contributed by atoms with E-state index in [2.05, 4.69) is 29.0 Å². The number of para-hydroxylation sites is 2. The summed E-state index contributed by atoms with van der Waals surface area (Å²) >= 11 is 0. The fourth-order valence-electron chi connectivity index (χ4n) is 3.22. The summed E-state index contributed by atoms with van der Waals surface area (Å²) < 4.78 is 13.6. The third-order valence-corrected chi connectivity index (χ3v) is 4.76. The van der Waals surface area contributed by atoms with Crippen molar-refractivity contribution in [3.63, 3.8) is 0 Å². The molecule has 0 aliphatic heterocycles.